The summed E-state index contributed by atoms with van der Waals surface area (Å²) in [6.45, 7) is 0. The first-order valence-electron chi connectivity index (χ1n) is 0.612. The third-order valence-electron chi connectivity index (χ3n) is 0. The van der Waals surface area contributed by atoms with Crippen molar-refractivity contribution in [2.45, 2.75) is 0 Å². The molecule has 0 saturated heterocycles. The summed E-state index contributed by atoms with van der Waals surface area (Å²) in [4.78, 5) is 8.33. The van der Waals surface area contributed by atoms with Crippen LogP contribution in [0.15, 0.2) is 0 Å². The molecule has 0 aliphatic carbocycles. The molecule has 0 spiro atoms. The maximum atomic E-state index is 8.33. The molecule has 7 heavy (non-hydrogen) atoms. The molecule has 3 nitrogen and oxygen atoms in total. The van der Waals surface area contributed by atoms with Gasteiger partial charge in [0.2, 0.25) is 0 Å². The molecule has 0 aliphatic heterocycles. The number of hydrogen-bond donors (Lipinski definition) is 0. The summed E-state index contributed by atoms with van der Waals surface area (Å²) < 4.78 is 0. The predicted octanol–water partition coefficient (Wildman–Crippen LogP) is -8.82. The maximum Gasteiger partial charge on any atom is 2.00 e. The number of halogens is 1. The van der Waals surface area contributed by atoms with Gasteiger partial charge in [-0.2, -0.15) is 0 Å². The van der Waals surface area contributed by atoms with Crippen molar-refractivity contribution in [2.75, 3.05) is 0 Å². The van der Waals surface area contributed by atoms with E-state index >= 15 is 0 Å². The molecular weight excluding hydrogens is 272 g/mol. The van der Waals surface area contributed by atoms with Crippen LogP contribution in [-0.2, 0) is 0 Å². The predicted molar refractivity (Wildman–Crippen MR) is 11.1 cm³/mol. The van der Waals surface area contributed by atoms with Gasteiger partial charge in [-0.1, -0.05) is 0 Å². The van der Waals surface area contributed by atoms with E-state index in [0.29, 0.717) is 0 Å². The van der Waals surface area contributed by atoms with Crippen molar-refractivity contribution >= 4 is 55.0 Å². The largest absolute Gasteiger partial charge is 2.00 e. The molecule has 0 aliphatic rings. The van der Waals surface area contributed by atoms with Crippen molar-refractivity contribution in [1.82, 2.24) is 0 Å². The van der Waals surface area contributed by atoms with Gasteiger partial charge >= 0.3 is 100 Å². The molecule has 6 heteroatoms. The number of carboxylic acid groups (broad SMARTS) is 2. The summed E-state index contributed by atoms with van der Waals surface area (Å²) in [5.74, 6) is 0. The topological polar surface area (TPSA) is 63.2 Å². The van der Waals surface area contributed by atoms with Gasteiger partial charge in [0.25, 0.3) is 0 Å². The maximum absolute atomic E-state index is 8.33. The van der Waals surface area contributed by atoms with E-state index < -0.39 is 6.16 Å². The van der Waals surface area contributed by atoms with Crippen LogP contribution < -0.4 is 74.0 Å². The van der Waals surface area contributed by atoms with Crippen LogP contribution in [0.1, 0.15) is 0 Å². The minimum Gasteiger partial charge on any atom is -1.00 e. The van der Waals surface area contributed by atoms with Crippen LogP contribution in [0.3, 0.4) is 0 Å². The van der Waals surface area contributed by atoms with Crippen molar-refractivity contribution in [3.05, 3.63) is 0 Å². The van der Waals surface area contributed by atoms with Crippen molar-refractivity contribution in [3.8, 4) is 0 Å². The molecule has 0 fully saturated rings. The van der Waals surface area contributed by atoms with Crippen molar-refractivity contribution < 1.29 is 78.8 Å². The van der Waals surface area contributed by atoms with E-state index in [-0.39, 0.29) is 113 Å². The normalized spacial score (nSPS) is 3.43. The van der Waals surface area contributed by atoms with Crippen molar-refractivity contribution in [3.63, 3.8) is 0 Å². The Morgan fingerprint density at radius 3 is 1.29 bits per heavy atom. The second-order valence-electron chi connectivity index (χ2n) is 0.250. The standard InChI is InChI=1S/CH2O3.Ba.ClH.K/c2-1(3)4;;;/h(H2,2,3,4);;1H;/q;+2;;+1/p-3. The van der Waals surface area contributed by atoms with Gasteiger partial charge in [0, 0.05) is 0 Å². The van der Waals surface area contributed by atoms with Crippen molar-refractivity contribution in [1.29, 1.82) is 0 Å². The second kappa shape index (κ2) is 15.9. The number of rotatable bonds is 0. The van der Waals surface area contributed by atoms with Crippen LogP contribution in [0.25, 0.3) is 0 Å². The zero-order valence-electron chi connectivity index (χ0n) is 3.81. The Labute approximate surface area is 130 Å². The molecule has 0 atom stereocenters. The van der Waals surface area contributed by atoms with E-state index in [1.165, 1.54) is 0 Å². The first kappa shape index (κ1) is 22.6. The molecule has 32 valence electrons. The van der Waals surface area contributed by atoms with Gasteiger partial charge in [0.1, 0.15) is 0 Å². The molecule has 0 rings (SSSR count). The smallest absolute Gasteiger partial charge is 1.00 e. The summed E-state index contributed by atoms with van der Waals surface area (Å²) in [6.07, 6.45) is -2.33. The molecule has 0 amide bonds. The average Bonchev–Trinajstić information content (AvgIpc) is 0.811. The second-order valence-corrected chi connectivity index (χ2v) is 0.250. The van der Waals surface area contributed by atoms with E-state index in [0.717, 1.165) is 0 Å². The van der Waals surface area contributed by atoms with Gasteiger partial charge in [-0.3, -0.25) is 0 Å². The quantitative estimate of drug-likeness (QED) is 0.411. The van der Waals surface area contributed by atoms with Gasteiger partial charge in [0.05, 0.1) is 0 Å². The van der Waals surface area contributed by atoms with Gasteiger partial charge in [-0.25, -0.2) is 0 Å². The van der Waals surface area contributed by atoms with E-state index in [9.17, 15) is 0 Å². The third kappa shape index (κ3) is 52.4. The fraction of sp³-hybridized carbons (Fsp3) is 0. The van der Waals surface area contributed by atoms with E-state index in [2.05, 4.69) is 0 Å². The van der Waals surface area contributed by atoms with Crippen LogP contribution in [0.4, 0.5) is 4.79 Å². The van der Waals surface area contributed by atoms with E-state index in [1.54, 1.807) is 0 Å². The number of carbonyl (C=O) groups excluding carboxylic acids is 1. The molecule has 0 heterocycles. The summed E-state index contributed by atoms with van der Waals surface area (Å²) in [5.41, 5.74) is 0. The molecule has 0 aromatic rings. The van der Waals surface area contributed by atoms with Crippen LogP contribution in [0.5, 0.6) is 0 Å². The summed E-state index contributed by atoms with van der Waals surface area (Å²) in [7, 11) is 0. The Balaban J connectivity index is -0.0000000150. The Bertz CT molecular complexity index is 37.9. The molecule has 0 saturated carbocycles. The summed E-state index contributed by atoms with van der Waals surface area (Å²) >= 11 is 0. The fourth-order valence-electron chi connectivity index (χ4n) is 0. The van der Waals surface area contributed by atoms with Crippen molar-refractivity contribution in [2.24, 2.45) is 0 Å². The zero-order chi connectivity index (χ0) is 3.58. The Morgan fingerprint density at radius 1 is 1.29 bits per heavy atom. The van der Waals surface area contributed by atoms with E-state index in [4.69, 9.17) is 15.0 Å². The summed E-state index contributed by atoms with van der Waals surface area (Å²) in [6, 6.07) is 0. The molecule has 0 aromatic heterocycles. The summed E-state index contributed by atoms with van der Waals surface area (Å²) in [5, 5.41) is 16.7. The van der Waals surface area contributed by atoms with Gasteiger partial charge in [0.15, 0.2) is 0 Å². The molecule has 0 N–H and O–H groups in total. The van der Waals surface area contributed by atoms with Gasteiger partial charge in [-0.15, -0.1) is 0 Å². The van der Waals surface area contributed by atoms with E-state index in [1.807, 2.05) is 0 Å². The fourth-order valence-corrected chi connectivity index (χ4v) is 0. The van der Waals surface area contributed by atoms with Gasteiger partial charge < -0.3 is 27.4 Å². The SMILES string of the molecule is O=C([O-])[O-].[Ba+2].[Cl-].[K+]. The van der Waals surface area contributed by atoms with Crippen LogP contribution in [0.2, 0.25) is 0 Å². The van der Waals surface area contributed by atoms with Crippen LogP contribution >= 0.6 is 0 Å². The monoisotopic (exact) mass is 272 g/mol. The first-order valence-corrected chi connectivity index (χ1v) is 0.612. The minimum absolute atomic E-state index is 0. The van der Waals surface area contributed by atoms with Gasteiger partial charge in [-0.05, 0) is 6.16 Å². The van der Waals surface area contributed by atoms with Crippen LogP contribution in [0, 0.1) is 0 Å². The number of carbonyl (C=O) groups is 1. The molecule has 0 bridgehead atoms. The van der Waals surface area contributed by atoms with Crippen LogP contribution in [-0.4, -0.2) is 55.0 Å². The first-order chi connectivity index (χ1) is 1.73. The Kier molecular flexibility index (Phi) is 51.3. The Hall–Kier alpha value is 2.77. The average molecular weight is 272 g/mol. The number of hydrogen-bond acceptors (Lipinski definition) is 3. The minimum atomic E-state index is -2.33. The molecule has 0 unspecified atom stereocenters. The molecule has 0 aromatic carbocycles. The molecular formula is CBaClKO3. The zero-order valence-corrected chi connectivity index (χ0v) is 12.1. The third-order valence-corrected chi connectivity index (χ3v) is 0. The Morgan fingerprint density at radius 2 is 1.29 bits per heavy atom. The molecule has 0 radical (unpaired) electrons.